The third-order valence-electron chi connectivity index (χ3n) is 8.47. The molecule has 11 heteroatoms. The molecule has 9 nitrogen and oxygen atoms in total. The van der Waals surface area contributed by atoms with Gasteiger partial charge in [-0.1, -0.05) is 23.2 Å². The molecule has 0 fully saturated rings. The third-order valence-corrected chi connectivity index (χ3v) is 8.94. The van der Waals surface area contributed by atoms with Gasteiger partial charge in [0.2, 0.25) is 0 Å². The van der Waals surface area contributed by atoms with Gasteiger partial charge in [-0.05, 0) is 98.7 Å². The number of aliphatic hydroxyl groups excluding tert-OH is 2. The molecule has 0 aliphatic rings. The molecule has 1 atom stereocenters. The highest BCUT2D eigenvalue weighted by Gasteiger charge is 2.15. The first kappa shape index (κ1) is 33.8. The molecule has 1 unspecified atom stereocenters. The van der Waals surface area contributed by atoms with E-state index in [9.17, 15) is 10.2 Å². The number of hydrogen-bond donors (Lipinski definition) is 4. The number of nitrogens with one attached hydrogen (secondary N) is 2. The zero-order chi connectivity index (χ0) is 33.6. The van der Waals surface area contributed by atoms with Crippen LogP contribution in [0.4, 0.5) is 11.4 Å². The lowest BCUT2D eigenvalue weighted by Gasteiger charge is -2.25. The summed E-state index contributed by atoms with van der Waals surface area (Å²) < 4.78 is 11.0. The highest BCUT2D eigenvalue weighted by Crippen LogP contribution is 2.35. The van der Waals surface area contributed by atoms with Gasteiger partial charge in [-0.2, -0.15) is 0 Å². The minimum Gasteiger partial charge on any atom is -0.497 e. The molecule has 250 valence electrons. The molecular formula is C37H39Cl2N5O4. The zero-order valence-corrected chi connectivity index (χ0v) is 28.5. The summed E-state index contributed by atoms with van der Waals surface area (Å²) in [7, 11) is 3.31. The van der Waals surface area contributed by atoms with E-state index in [1.165, 1.54) is 0 Å². The van der Waals surface area contributed by atoms with Crippen LogP contribution in [-0.2, 0) is 0 Å². The second kappa shape index (κ2) is 15.4. The lowest BCUT2D eigenvalue weighted by Crippen LogP contribution is -2.36. The Morgan fingerprint density at radius 2 is 1.15 bits per heavy atom. The number of aliphatic hydroxyl groups is 2. The summed E-state index contributed by atoms with van der Waals surface area (Å²) in [5.41, 5.74) is 5.30. The van der Waals surface area contributed by atoms with E-state index in [0.717, 1.165) is 92.4 Å². The van der Waals surface area contributed by atoms with Gasteiger partial charge in [0.25, 0.3) is 0 Å². The van der Waals surface area contributed by atoms with Crippen LogP contribution in [0.2, 0.25) is 10.0 Å². The monoisotopic (exact) mass is 687 g/mol. The standard InChI is InChI=1S/C37H39Cl2N5O4/c1-47-26-7-11-32-30(19-26)36(28-9-5-23(38)17-34(28)42-32)40-13-3-15-44(21-25(46)22-45)16-4-14-41-37-29-10-6-24(39)18-35(29)43-33-12-8-27(48-2)20-31(33)37/h5-12,17-20,25,45-46H,3-4,13-16,21-22H2,1-2H3,(H,40,42)(H,41,43). The van der Waals surface area contributed by atoms with Crippen LogP contribution in [0.1, 0.15) is 12.8 Å². The predicted octanol–water partition coefficient (Wildman–Crippen LogP) is 7.37. The van der Waals surface area contributed by atoms with Crippen LogP contribution in [0.5, 0.6) is 11.5 Å². The average Bonchev–Trinajstić information content (AvgIpc) is 3.10. The number of fused-ring (bicyclic) bond motifs is 4. The number of pyridine rings is 2. The Hall–Kier alpha value is -4.12. The number of nitrogens with zero attached hydrogens (tertiary/aromatic N) is 3. The van der Waals surface area contributed by atoms with Crippen molar-refractivity contribution in [3.05, 3.63) is 82.8 Å². The van der Waals surface area contributed by atoms with E-state index in [4.69, 9.17) is 42.6 Å². The van der Waals surface area contributed by atoms with E-state index in [-0.39, 0.29) is 6.61 Å². The molecule has 0 saturated heterocycles. The summed E-state index contributed by atoms with van der Waals surface area (Å²) in [5.74, 6) is 1.52. The second-order valence-electron chi connectivity index (χ2n) is 11.8. The van der Waals surface area contributed by atoms with Crippen LogP contribution in [0.25, 0.3) is 43.6 Å². The topological polar surface area (TPSA) is 112 Å². The molecule has 0 amide bonds. The summed E-state index contributed by atoms with van der Waals surface area (Å²) in [6.45, 7) is 2.94. The van der Waals surface area contributed by atoms with E-state index < -0.39 is 6.10 Å². The summed E-state index contributed by atoms with van der Waals surface area (Å²) in [5, 5.41) is 32.4. The number of ether oxygens (including phenoxy) is 2. The fraction of sp³-hybridized carbons (Fsp3) is 0.297. The highest BCUT2D eigenvalue weighted by molar-refractivity contribution is 6.32. The number of aromatic nitrogens is 2. The first-order chi connectivity index (χ1) is 23.4. The predicted molar refractivity (Wildman–Crippen MR) is 197 cm³/mol. The molecule has 4 aromatic carbocycles. The smallest absolute Gasteiger partial charge is 0.119 e. The Morgan fingerprint density at radius 1 is 0.667 bits per heavy atom. The van der Waals surface area contributed by atoms with E-state index >= 15 is 0 Å². The van der Waals surface area contributed by atoms with Crippen LogP contribution < -0.4 is 20.1 Å². The molecule has 6 aromatic rings. The number of anilines is 2. The van der Waals surface area contributed by atoms with Gasteiger partial charge in [0.05, 0.1) is 60.4 Å². The second-order valence-corrected chi connectivity index (χ2v) is 12.6. The van der Waals surface area contributed by atoms with Crippen LogP contribution in [0.3, 0.4) is 0 Å². The zero-order valence-electron chi connectivity index (χ0n) is 27.0. The van der Waals surface area contributed by atoms with E-state index in [2.05, 4.69) is 15.5 Å². The maximum Gasteiger partial charge on any atom is 0.119 e. The summed E-state index contributed by atoms with van der Waals surface area (Å²) in [6, 6.07) is 23.2. The summed E-state index contributed by atoms with van der Waals surface area (Å²) in [6.07, 6.45) is 0.810. The van der Waals surface area contributed by atoms with Gasteiger partial charge >= 0.3 is 0 Å². The molecule has 0 saturated carbocycles. The summed E-state index contributed by atoms with van der Waals surface area (Å²) >= 11 is 12.6. The normalized spacial score (nSPS) is 12.3. The Balaban J connectivity index is 1.14. The van der Waals surface area contributed by atoms with Crippen molar-refractivity contribution in [3.8, 4) is 11.5 Å². The maximum atomic E-state index is 10.3. The SMILES string of the molecule is COc1ccc2nc3cc(Cl)ccc3c(NCCCN(CCCNc3c4ccc(Cl)cc4nc4ccc(OC)cc34)CC(O)CO)c2c1. The molecule has 0 radical (unpaired) electrons. The van der Waals surface area contributed by atoms with Gasteiger partial charge in [-0.3, -0.25) is 0 Å². The molecule has 0 bridgehead atoms. The Kier molecular flexibility index (Phi) is 10.8. The summed E-state index contributed by atoms with van der Waals surface area (Å²) in [4.78, 5) is 11.8. The molecule has 0 spiro atoms. The van der Waals surface area contributed by atoms with Crippen LogP contribution in [0, 0.1) is 0 Å². The lowest BCUT2D eigenvalue weighted by atomic mass is 10.1. The Morgan fingerprint density at radius 3 is 1.58 bits per heavy atom. The largest absolute Gasteiger partial charge is 0.497 e. The first-order valence-electron chi connectivity index (χ1n) is 16.0. The minimum atomic E-state index is -0.818. The van der Waals surface area contributed by atoms with Gasteiger partial charge in [-0.15, -0.1) is 0 Å². The number of rotatable bonds is 15. The van der Waals surface area contributed by atoms with Crippen molar-refractivity contribution in [2.75, 3.05) is 64.2 Å². The van der Waals surface area contributed by atoms with E-state index in [1.807, 2.05) is 72.8 Å². The average molecular weight is 689 g/mol. The van der Waals surface area contributed by atoms with E-state index in [0.29, 0.717) is 29.7 Å². The van der Waals surface area contributed by atoms with Gasteiger partial charge in [0, 0.05) is 51.2 Å². The van der Waals surface area contributed by atoms with Crippen molar-refractivity contribution >= 4 is 78.2 Å². The fourth-order valence-electron chi connectivity index (χ4n) is 6.11. The van der Waals surface area contributed by atoms with Gasteiger partial charge in [-0.25, -0.2) is 9.97 Å². The quantitative estimate of drug-likeness (QED) is 0.0649. The molecule has 0 aliphatic carbocycles. The first-order valence-corrected chi connectivity index (χ1v) is 16.8. The number of benzene rings is 4. The maximum absolute atomic E-state index is 10.3. The van der Waals surface area contributed by atoms with Crippen LogP contribution in [-0.4, -0.2) is 84.7 Å². The van der Waals surface area contributed by atoms with Crippen molar-refractivity contribution in [2.45, 2.75) is 18.9 Å². The third kappa shape index (κ3) is 7.61. The van der Waals surface area contributed by atoms with Crippen molar-refractivity contribution in [1.82, 2.24) is 14.9 Å². The Labute approximate surface area is 289 Å². The van der Waals surface area contributed by atoms with Crippen LogP contribution >= 0.6 is 23.2 Å². The van der Waals surface area contributed by atoms with Crippen molar-refractivity contribution in [2.24, 2.45) is 0 Å². The molecule has 2 heterocycles. The molecule has 0 aliphatic heterocycles. The molecule has 6 rings (SSSR count). The van der Waals surface area contributed by atoms with Crippen molar-refractivity contribution in [1.29, 1.82) is 0 Å². The van der Waals surface area contributed by atoms with E-state index in [1.54, 1.807) is 14.2 Å². The Bertz CT molecular complexity index is 1920. The lowest BCUT2D eigenvalue weighted by molar-refractivity contribution is 0.0589. The number of methoxy groups -OCH3 is 2. The van der Waals surface area contributed by atoms with Gasteiger partial charge in [0.15, 0.2) is 0 Å². The fourth-order valence-corrected chi connectivity index (χ4v) is 6.44. The number of halogens is 2. The van der Waals surface area contributed by atoms with Crippen molar-refractivity contribution in [3.63, 3.8) is 0 Å². The van der Waals surface area contributed by atoms with Gasteiger partial charge < -0.3 is 35.2 Å². The molecular weight excluding hydrogens is 649 g/mol. The van der Waals surface area contributed by atoms with Crippen LogP contribution in [0.15, 0.2) is 72.8 Å². The molecule has 48 heavy (non-hydrogen) atoms. The molecule has 4 N–H and O–H groups in total. The minimum absolute atomic E-state index is 0.286. The van der Waals surface area contributed by atoms with Gasteiger partial charge in [0.1, 0.15) is 11.5 Å². The molecule has 2 aromatic heterocycles. The van der Waals surface area contributed by atoms with Crippen molar-refractivity contribution < 1.29 is 19.7 Å². The highest BCUT2D eigenvalue weighted by atomic mass is 35.5. The number of hydrogen-bond acceptors (Lipinski definition) is 9.